The highest BCUT2D eigenvalue weighted by atomic mass is 19.3. The highest BCUT2D eigenvalue weighted by molar-refractivity contribution is 5.89. The van der Waals surface area contributed by atoms with Gasteiger partial charge in [0, 0.05) is 11.3 Å². The van der Waals surface area contributed by atoms with Crippen LogP contribution in [0.2, 0.25) is 0 Å². The number of nitrogens with zero attached hydrogens (tertiary/aromatic N) is 6. The molecule has 3 aromatic rings. The maximum atomic E-state index is 13.5. The minimum absolute atomic E-state index is 0.0189. The van der Waals surface area contributed by atoms with Gasteiger partial charge < -0.3 is 10.5 Å². The molecule has 4 rings (SSSR count). The van der Waals surface area contributed by atoms with E-state index in [0.717, 1.165) is 0 Å². The number of aromatic nitrogens is 3. The Morgan fingerprint density at radius 3 is 2.52 bits per heavy atom. The van der Waals surface area contributed by atoms with E-state index < -0.39 is 17.9 Å². The largest absolute Gasteiger partial charge is 0.471 e. The molecule has 0 unspecified atom stereocenters. The van der Waals surface area contributed by atoms with E-state index in [4.69, 9.17) is 10.5 Å². The lowest BCUT2D eigenvalue weighted by Gasteiger charge is -2.16. The molecule has 0 bridgehead atoms. The summed E-state index contributed by atoms with van der Waals surface area (Å²) in [5, 5.41) is 11.1. The Balaban J connectivity index is 1.89. The molecule has 31 heavy (non-hydrogen) atoms. The van der Waals surface area contributed by atoms with Crippen LogP contribution in [0.25, 0.3) is 22.4 Å². The molecule has 0 spiro atoms. The van der Waals surface area contributed by atoms with Gasteiger partial charge in [0.25, 0.3) is 6.43 Å². The highest BCUT2D eigenvalue weighted by Crippen LogP contribution is 2.39. The van der Waals surface area contributed by atoms with E-state index >= 15 is 0 Å². The third-order valence-electron chi connectivity index (χ3n) is 4.37. The first kappa shape index (κ1) is 20.4. The Morgan fingerprint density at radius 2 is 1.84 bits per heavy atom. The molecule has 0 saturated heterocycles. The first-order chi connectivity index (χ1) is 14.9. The monoisotopic (exact) mass is 427 g/mol. The Morgan fingerprint density at radius 1 is 1.06 bits per heavy atom. The van der Waals surface area contributed by atoms with Gasteiger partial charge >= 0.3 is 0 Å². The fraction of sp³-hybridized carbons (Fsp3) is 0.200. The minimum Gasteiger partial charge on any atom is -0.471 e. The molecule has 2 aromatic heterocycles. The van der Waals surface area contributed by atoms with Gasteiger partial charge in [0.2, 0.25) is 11.8 Å². The highest BCUT2D eigenvalue weighted by Gasteiger charge is 2.22. The molecule has 1 aliphatic heterocycles. The first-order valence-electron chi connectivity index (χ1n) is 9.16. The van der Waals surface area contributed by atoms with Gasteiger partial charge in [-0.05, 0) is 54.1 Å². The van der Waals surface area contributed by atoms with Crippen molar-refractivity contribution in [2.45, 2.75) is 13.3 Å². The van der Waals surface area contributed by atoms with Crippen molar-refractivity contribution in [2.24, 2.45) is 15.4 Å². The number of nitrogens with two attached hydrogens (primary N) is 1. The lowest BCUT2D eigenvalue weighted by molar-refractivity contribution is 0.146. The number of aryl methyl sites for hydroxylation is 1. The summed E-state index contributed by atoms with van der Waals surface area (Å²) in [6.07, 6.45) is -2.77. The van der Waals surface area contributed by atoms with Crippen molar-refractivity contribution < 1.29 is 17.9 Å². The zero-order valence-corrected chi connectivity index (χ0v) is 16.3. The molecule has 11 heteroatoms. The summed E-state index contributed by atoms with van der Waals surface area (Å²) in [6.45, 7) is 1.90. The summed E-state index contributed by atoms with van der Waals surface area (Å²) in [5.41, 5.74) is 7.91. The third kappa shape index (κ3) is 4.49. The second-order valence-corrected chi connectivity index (χ2v) is 6.68. The molecule has 3 heterocycles. The van der Waals surface area contributed by atoms with Crippen LogP contribution in [-0.2, 0) is 0 Å². The molecule has 1 aliphatic rings. The van der Waals surface area contributed by atoms with E-state index in [9.17, 15) is 13.2 Å². The summed E-state index contributed by atoms with van der Waals surface area (Å²) in [7, 11) is 0. The maximum absolute atomic E-state index is 13.5. The Hall–Kier alpha value is -3.89. The number of halogens is 3. The van der Waals surface area contributed by atoms with Crippen LogP contribution in [-0.4, -0.2) is 33.8 Å². The van der Waals surface area contributed by atoms with Crippen molar-refractivity contribution in [3.05, 3.63) is 53.6 Å². The van der Waals surface area contributed by atoms with E-state index in [1.54, 1.807) is 13.0 Å². The molecular weight excluding hydrogens is 411 g/mol. The van der Waals surface area contributed by atoms with Crippen LogP contribution in [0.15, 0.2) is 51.8 Å². The summed E-state index contributed by atoms with van der Waals surface area (Å²) in [6, 6.07) is 8.38. The molecule has 0 amide bonds. The Labute approximate surface area is 174 Å². The number of anilines is 1. The normalized spacial score (nSPS) is 13.0. The van der Waals surface area contributed by atoms with Crippen molar-refractivity contribution >= 4 is 11.7 Å². The lowest BCUT2D eigenvalue weighted by atomic mass is 9.99. The van der Waals surface area contributed by atoms with E-state index in [1.165, 1.54) is 30.3 Å². The first-order valence-corrected chi connectivity index (χ1v) is 9.16. The van der Waals surface area contributed by atoms with E-state index in [-0.39, 0.29) is 25.0 Å². The number of pyridine rings is 1. The van der Waals surface area contributed by atoms with Crippen molar-refractivity contribution in [2.75, 3.05) is 18.9 Å². The minimum atomic E-state index is -2.77. The van der Waals surface area contributed by atoms with Crippen molar-refractivity contribution in [3.8, 4) is 28.3 Å². The van der Waals surface area contributed by atoms with Crippen molar-refractivity contribution in [3.63, 3.8) is 0 Å². The fourth-order valence-electron chi connectivity index (χ4n) is 3.05. The zero-order chi connectivity index (χ0) is 22.0. The van der Waals surface area contributed by atoms with Crippen LogP contribution in [0.4, 0.5) is 19.1 Å². The van der Waals surface area contributed by atoms with Crippen molar-refractivity contribution in [1.29, 1.82) is 0 Å². The van der Waals surface area contributed by atoms with E-state index in [2.05, 4.69) is 30.4 Å². The van der Waals surface area contributed by atoms with Gasteiger partial charge in [0.05, 0.1) is 11.3 Å². The van der Waals surface area contributed by atoms with Crippen LogP contribution in [0.5, 0.6) is 5.88 Å². The zero-order valence-electron chi connectivity index (χ0n) is 16.3. The van der Waals surface area contributed by atoms with Gasteiger partial charge in [-0.1, -0.05) is 0 Å². The molecule has 0 aliphatic carbocycles. The van der Waals surface area contributed by atoms with E-state index in [0.29, 0.717) is 33.8 Å². The second-order valence-electron chi connectivity index (χ2n) is 6.68. The number of nitrogen functional groups attached to an aromatic ring is 1. The van der Waals surface area contributed by atoms with Crippen LogP contribution >= 0.6 is 0 Å². The Kier molecular flexibility index (Phi) is 5.56. The quantitative estimate of drug-likeness (QED) is 0.628. The van der Waals surface area contributed by atoms with E-state index in [1.807, 2.05) is 0 Å². The van der Waals surface area contributed by atoms with Crippen LogP contribution in [0.1, 0.15) is 17.8 Å². The second kappa shape index (κ2) is 8.46. The molecule has 1 aromatic carbocycles. The average molecular weight is 427 g/mol. The topological polar surface area (TPSA) is 111 Å². The SMILES string of the molecule is Cc1cc(-c2c(OCC3=NN=NC3)nc(N)nc2-c2ccc(F)cc2)cc(C(F)F)n1. The predicted molar refractivity (Wildman–Crippen MR) is 107 cm³/mol. The summed E-state index contributed by atoms with van der Waals surface area (Å²) in [5.74, 6) is -0.469. The van der Waals surface area contributed by atoms with Gasteiger partial charge in [0.1, 0.15) is 30.4 Å². The molecule has 0 atom stereocenters. The van der Waals surface area contributed by atoms with Gasteiger partial charge in [-0.25, -0.2) is 18.2 Å². The number of benzene rings is 1. The molecule has 2 N–H and O–H groups in total. The van der Waals surface area contributed by atoms with Crippen LogP contribution in [0, 0.1) is 12.7 Å². The molecule has 0 radical (unpaired) electrons. The third-order valence-corrected chi connectivity index (χ3v) is 4.37. The number of alkyl halides is 2. The van der Waals surface area contributed by atoms with Crippen LogP contribution in [0.3, 0.4) is 0 Å². The Bertz CT molecular complexity index is 1180. The summed E-state index contributed by atoms with van der Waals surface area (Å²) < 4.78 is 46.1. The fourth-order valence-corrected chi connectivity index (χ4v) is 3.05. The number of hydrogen-bond acceptors (Lipinski definition) is 8. The van der Waals surface area contributed by atoms with Gasteiger partial charge in [-0.15, -0.1) is 5.10 Å². The predicted octanol–water partition coefficient (Wildman–Crippen LogP) is 4.37. The molecule has 8 nitrogen and oxygen atoms in total. The standard InChI is InChI=1S/C20H16F3N7O/c1-10-6-12(7-15(26-10)18(22)23)16-17(11-2-4-13(21)5-3-11)27-20(24)28-19(16)31-9-14-8-25-30-29-14/h2-7,18H,8-9H2,1H3,(H2,24,27,28). The number of ether oxygens (including phenoxy) is 1. The lowest BCUT2D eigenvalue weighted by Crippen LogP contribution is -2.14. The van der Waals surface area contributed by atoms with Gasteiger partial charge in [-0.3, -0.25) is 4.98 Å². The molecule has 0 fully saturated rings. The summed E-state index contributed by atoms with van der Waals surface area (Å²) >= 11 is 0. The molecule has 158 valence electrons. The molecule has 0 saturated carbocycles. The van der Waals surface area contributed by atoms with Gasteiger partial charge in [0.15, 0.2) is 0 Å². The summed E-state index contributed by atoms with van der Waals surface area (Å²) in [4.78, 5) is 12.3. The smallest absolute Gasteiger partial charge is 0.280 e. The van der Waals surface area contributed by atoms with Crippen LogP contribution < -0.4 is 10.5 Å². The molecular formula is C20H16F3N7O. The van der Waals surface area contributed by atoms with Gasteiger partial charge in [-0.2, -0.15) is 10.1 Å². The number of hydrogen-bond donors (Lipinski definition) is 1. The average Bonchev–Trinajstić information content (AvgIpc) is 3.25. The number of rotatable bonds is 6. The van der Waals surface area contributed by atoms with Crippen molar-refractivity contribution in [1.82, 2.24) is 15.0 Å². The maximum Gasteiger partial charge on any atom is 0.280 e.